The van der Waals surface area contributed by atoms with Crippen LogP contribution in [0.5, 0.6) is 0 Å². The van der Waals surface area contributed by atoms with Gasteiger partial charge in [0.2, 0.25) is 0 Å². The number of hydrogen-bond acceptors (Lipinski definition) is 4. The summed E-state index contributed by atoms with van der Waals surface area (Å²) >= 11 is 0. The van der Waals surface area contributed by atoms with Crippen LogP contribution in [0, 0.1) is 5.92 Å². The van der Waals surface area contributed by atoms with Gasteiger partial charge < -0.3 is 9.14 Å². The fourth-order valence-electron chi connectivity index (χ4n) is 3.84. The number of hydrogen-bond donors (Lipinski definition) is 0. The van der Waals surface area contributed by atoms with Gasteiger partial charge in [-0.15, -0.1) is 0 Å². The van der Waals surface area contributed by atoms with Crippen LogP contribution in [0.25, 0.3) is 22.3 Å². The monoisotopic (exact) mass is 361 g/mol. The van der Waals surface area contributed by atoms with E-state index in [4.69, 9.17) is 4.74 Å². The van der Waals surface area contributed by atoms with Crippen LogP contribution >= 0.6 is 0 Å². The Morgan fingerprint density at radius 2 is 2.11 bits per heavy atom. The lowest BCUT2D eigenvalue weighted by atomic mass is 9.80. The fourth-order valence-corrected chi connectivity index (χ4v) is 3.84. The van der Waals surface area contributed by atoms with E-state index in [2.05, 4.69) is 40.1 Å². The Kier molecular flexibility index (Phi) is 3.75. The maximum atomic E-state index is 5.22. The molecule has 0 unspecified atom stereocenters. The summed E-state index contributed by atoms with van der Waals surface area (Å²) < 4.78 is 11.0. The maximum Gasteiger partial charge on any atom is 0.453 e. The molecule has 0 aliphatic heterocycles. The average Bonchev–Trinajstić information content (AvgIpc) is 3.29. The minimum atomic E-state index is 0.376. The van der Waals surface area contributed by atoms with Crippen molar-refractivity contribution in [2.45, 2.75) is 18.9 Å². The number of ether oxygens (including phenoxy) is 1. The summed E-state index contributed by atoms with van der Waals surface area (Å²) in [4.78, 5) is 8.87. The van der Waals surface area contributed by atoms with Crippen molar-refractivity contribution in [2.75, 3.05) is 13.7 Å². The summed E-state index contributed by atoms with van der Waals surface area (Å²) in [5, 5.41) is 4.67. The molecule has 0 amide bonds. The fraction of sp³-hybridized carbons (Fsp3) is 0.300. The molecule has 5 rings (SSSR count). The van der Waals surface area contributed by atoms with Crippen molar-refractivity contribution in [1.29, 1.82) is 0 Å². The molecule has 1 aliphatic carbocycles. The smallest absolute Gasteiger partial charge is 0.384 e. The van der Waals surface area contributed by atoms with E-state index in [0.717, 1.165) is 41.7 Å². The molecule has 0 aromatic carbocycles. The van der Waals surface area contributed by atoms with Crippen LogP contribution in [0.2, 0.25) is 0 Å². The Bertz CT molecular complexity index is 1140. The zero-order chi connectivity index (χ0) is 18.4. The normalized spacial score (nSPS) is 19.4. The van der Waals surface area contributed by atoms with E-state index in [1.54, 1.807) is 13.3 Å². The summed E-state index contributed by atoms with van der Waals surface area (Å²) in [5.41, 5.74) is 4.10. The predicted molar refractivity (Wildman–Crippen MR) is 103 cm³/mol. The molecule has 0 radical (unpaired) electrons. The third-order valence-corrected chi connectivity index (χ3v) is 5.42. The molecule has 0 spiro atoms. The van der Waals surface area contributed by atoms with Gasteiger partial charge in [-0.25, -0.2) is 9.56 Å². The lowest BCUT2D eigenvalue weighted by Gasteiger charge is -2.33. The van der Waals surface area contributed by atoms with Crippen molar-refractivity contribution in [3.8, 4) is 11.1 Å². The first-order valence-corrected chi connectivity index (χ1v) is 9.09. The van der Waals surface area contributed by atoms with Gasteiger partial charge in [-0.2, -0.15) is 4.52 Å². The van der Waals surface area contributed by atoms with E-state index in [1.807, 2.05) is 38.1 Å². The van der Waals surface area contributed by atoms with Gasteiger partial charge in [0.15, 0.2) is 0 Å². The number of pyridine rings is 1. The molecule has 7 heteroatoms. The predicted octanol–water partition coefficient (Wildman–Crippen LogP) is 2.81. The van der Waals surface area contributed by atoms with E-state index in [9.17, 15) is 0 Å². The number of methoxy groups -OCH3 is 1. The van der Waals surface area contributed by atoms with Crippen LogP contribution in [-0.2, 0) is 4.74 Å². The van der Waals surface area contributed by atoms with Crippen molar-refractivity contribution < 1.29 is 9.31 Å². The van der Waals surface area contributed by atoms with E-state index >= 15 is 0 Å². The standard InChI is InChI=1S/C20H21N6O/c1-24(16-9-14(10-16)13-27-2)20-22-11-18-17(5-7-26(18)23-20)15-3-4-19-21-6-8-25(19)12-15/h3-8,11-12,14,16H,1,9-10,13H2,2H3/q+1. The molecule has 1 fully saturated rings. The third-order valence-electron chi connectivity index (χ3n) is 5.42. The molecular formula is C20H21N6O+. The Morgan fingerprint density at radius 1 is 1.22 bits per heavy atom. The summed E-state index contributed by atoms with van der Waals surface area (Å²) in [6.45, 7) is 4.98. The molecule has 4 aromatic rings. The molecule has 1 saturated carbocycles. The van der Waals surface area contributed by atoms with Crippen LogP contribution in [0.1, 0.15) is 12.8 Å². The van der Waals surface area contributed by atoms with Gasteiger partial charge >= 0.3 is 5.95 Å². The highest BCUT2D eigenvalue weighted by molar-refractivity contribution is 5.80. The van der Waals surface area contributed by atoms with Gasteiger partial charge in [-0.05, 0) is 37.0 Å². The highest BCUT2D eigenvalue weighted by atomic mass is 16.5. The zero-order valence-electron chi connectivity index (χ0n) is 15.2. The lowest BCUT2D eigenvalue weighted by Crippen LogP contribution is -2.39. The van der Waals surface area contributed by atoms with Gasteiger partial charge in [0.1, 0.15) is 17.4 Å². The maximum absolute atomic E-state index is 5.22. The number of nitrogens with zero attached hydrogens (tertiary/aromatic N) is 6. The average molecular weight is 361 g/mol. The molecule has 4 heterocycles. The molecule has 0 saturated heterocycles. The Balaban J connectivity index is 1.43. The number of fused-ring (bicyclic) bond motifs is 2. The van der Waals surface area contributed by atoms with Crippen molar-refractivity contribution >= 4 is 23.8 Å². The molecular weight excluding hydrogens is 340 g/mol. The number of imidazole rings is 1. The Morgan fingerprint density at radius 3 is 2.96 bits per heavy atom. The van der Waals surface area contributed by atoms with Crippen LogP contribution in [0.15, 0.2) is 49.2 Å². The molecule has 27 heavy (non-hydrogen) atoms. The highest BCUT2D eigenvalue weighted by Gasteiger charge is 2.35. The first kappa shape index (κ1) is 16.1. The van der Waals surface area contributed by atoms with E-state index in [0.29, 0.717) is 17.9 Å². The number of rotatable bonds is 5. The largest absolute Gasteiger partial charge is 0.453 e. The number of aromatic nitrogens is 5. The molecule has 7 nitrogen and oxygen atoms in total. The molecule has 4 aromatic heterocycles. The molecule has 1 aliphatic rings. The van der Waals surface area contributed by atoms with Crippen LogP contribution in [-0.4, -0.2) is 55.0 Å². The molecule has 0 N–H and O–H groups in total. The topological polar surface area (TPSA) is 59.7 Å². The molecule has 0 atom stereocenters. The van der Waals surface area contributed by atoms with E-state index in [1.165, 1.54) is 0 Å². The van der Waals surface area contributed by atoms with E-state index < -0.39 is 0 Å². The van der Waals surface area contributed by atoms with Gasteiger partial charge in [0, 0.05) is 61.4 Å². The second kappa shape index (κ2) is 6.28. The van der Waals surface area contributed by atoms with Crippen molar-refractivity contribution in [3.05, 3.63) is 49.2 Å². The van der Waals surface area contributed by atoms with Gasteiger partial charge in [-0.1, -0.05) is 4.98 Å². The van der Waals surface area contributed by atoms with Gasteiger partial charge in [0.25, 0.3) is 0 Å². The van der Waals surface area contributed by atoms with Crippen LogP contribution in [0.4, 0.5) is 5.95 Å². The van der Waals surface area contributed by atoms with Crippen molar-refractivity contribution in [2.24, 2.45) is 5.92 Å². The SMILES string of the molecule is C=[N+](c1ncc2c(-c3ccc4nccn4c3)ccn2n1)C1CC(COC)C1. The van der Waals surface area contributed by atoms with Crippen molar-refractivity contribution in [1.82, 2.24) is 24.0 Å². The summed E-state index contributed by atoms with van der Waals surface area (Å²) in [7, 11) is 1.75. The summed E-state index contributed by atoms with van der Waals surface area (Å²) in [5.74, 6) is 1.26. The highest BCUT2D eigenvalue weighted by Crippen LogP contribution is 2.32. The summed E-state index contributed by atoms with van der Waals surface area (Å²) in [6, 6.07) is 6.53. The third kappa shape index (κ3) is 2.71. The first-order valence-electron chi connectivity index (χ1n) is 9.09. The first-order chi connectivity index (χ1) is 13.2. The lowest BCUT2D eigenvalue weighted by molar-refractivity contribution is -0.505. The van der Waals surface area contributed by atoms with Crippen LogP contribution in [0.3, 0.4) is 0 Å². The van der Waals surface area contributed by atoms with E-state index in [-0.39, 0.29) is 0 Å². The van der Waals surface area contributed by atoms with Crippen LogP contribution < -0.4 is 0 Å². The quantitative estimate of drug-likeness (QED) is 0.405. The minimum Gasteiger partial charge on any atom is -0.384 e. The Hall–Kier alpha value is -3.06. The zero-order valence-corrected chi connectivity index (χ0v) is 15.2. The second-order valence-corrected chi connectivity index (χ2v) is 7.14. The Labute approximate surface area is 156 Å². The minimum absolute atomic E-state index is 0.376. The van der Waals surface area contributed by atoms with Gasteiger partial charge in [-0.3, -0.25) is 0 Å². The second-order valence-electron chi connectivity index (χ2n) is 7.14. The molecule has 0 bridgehead atoms. The summed E-state index contributed by atoms with van der Waals surface area (Å²) in [6.07, 6.45) is 11.8. The van der Waals surface area contributed by atoms with Crippen molar-refractivity contribution in [3.63, 3.8) is 0 Å². The van der Waals surface area contributed by atoms with Gasteiger partial charge in [0.05, 0.1) is 6.04 Å². The molecule has 136 valence electrons.